The van der Waals surface area contributed by atoms with Crippen molar-refractivity contribution in [1.82, 2.24) is 4.98 Å². The lowest BCUT2D eigenvalue weighted by molar-refractivity contribution is -0.141. The third-order valence-corrected chi connectivity index (χ3v) is 2.56. The fourth-order valence-corrected chi connectivity index (χ4v) is 1.45. The van der Waals surface area contributed by atoms with Crippen LogP contribution in [-0.4, -0.2) is 24.8 Å². The maximum Gasteiger partial charge on any atom is 0.433 e. The number of alkyl halides is 3. The van der Waals surface area contributed by atoms with Crippen molar-refractivity contribution >= 4 is 0 Å². The van der Waals surface area contributed by atoms with Crippen molar-refractivity contribution in [3.8, 4) is 5.88 Å². The number of nitrogens with two attached hydrogens (primary N) is 1. The molecule has 2 N–H and O–H groups in total. The van der Waals surface area contributed by atoms with E-state index in [9.17, 15) is 13.2 Å². The fourth-order valence-electron chi connectivity index (χ4n) is 1.45. The molecule has 0 unspecified atom stereocenters. The smallest absolute Gasteiger partial charge is 0.433 e. The number of rotatable bonds is 8. The number of nitrogens with zero attached hydrogens (tertiary/aromatic N) is 1. The van der Waals surface area contributed by atoms with Crippen LogP contribution in [0.1, 0.15) is 31.0 Å². The van der Waals surface area contributed by atoms with E-state index < -0.39 is 11.9 Å². The number of unbranched alkanes of at least 4 members (excludes halogenated alkanes) is 1. The van der Waals surface area contributed by atoms with Gasteiger partial charge in [0.15, 0.2) is 0 Å². The molecular formula is C13H19F3N2O2. The van der Waals surface area contributed by atoms with Gasteiger partial charge in [0, 0.05) is 18.7 Å². The van der Waals surface area contributed by atoms with Crippen molar-refractivity contribution in [2.45, 2.75) is 32.5 Å². The van der Waals surface area contributed by atoms with E-state index in [1.807, 2.05) is 6.92 Å². The summed E-state index contributed by atoms with van der Waals surface area (Å²) in [5, 5.41) is 0. The molecule has 1 aromatic rings. The highest BCUT2D eigenvalue weighted by Crippen LogP contribution is 2.30. The number of hydrogen-bond donors (Lipinski definition) is 1. The van der Waals surface area contributed by atoms with Crippen LogP contribution < -0.4 is 10.5 Å². The summed E-state index contributed by atoms with van der Waals surface area (Å²) in [7, 11) is 0. The first-order valence-corrected chi connectivity index (χ1v) is 6.46. The van der Waals surface area contributed by atoms with Crippen LogP contribution in [0.4, 0.5) is 13.2 Å². The van der Waals surface area contributed by atoms with Crippen molar-refractivity contribution in [3.05, 3.63) is 23.4 Å². The van der Waals surface area contributed by atoms with Gasteiger partial charge in [-0.15, -0.1) is 0 Å². The zero-order valence-corrected chi connectivity index (χ0v) is 11.4. The Kier molecular flexibility index (Phi) is 6.74. The third kappa shape index (κ3) is 5.34. The first-order valence-electron chi connectivity index (χ1n) is 6.46. The molecule has 0 amide bonds. The van der Waals surface area contributed by atoms with Gasteiger partial charge in [0.2, 0.25) is 5.88 Å². The van der Waals surface area contributed by atoms with E-state index in [4.69, 9.17) is 15.2 Å². The van der Waals surface area contributed by atoms with Crippen LogP contribution in [0.15, 0.2) is 12.1 Å². The molecule has 0 aliphatic rings. The molecule has 7 heteroatoms. The van der Waals surface area contributed by atoms with Gasteiger partial charge in [-0.2, -0.15) is 13.2 Å². The van der Waals surface area contributed by atoms with Crippen LogP contribution in [0.25, 0.3) is 0 Å². The second-order valence-electron chi connectivity index (χ2n) is 4.18. The molecular weight excluding hydrogens is 273 g/mol. The summed E-state index contributed by atoms with van der Waals surface area (Å²) in [6.45, 7) is 3.17. The molecule has 0 aliphatic carbocycles. The van der Waals surface area contributed by atoms with E-state index in [-0.39, 0.29) is 19.0 Å². The van der Waals surface area contributed by atoms with Crippen molar-refractivity contribution in [2.24, 2.45) is 5.73 Å². The zero-order valence-electron chi connectivity index (χ0n) is 11.4. The molecule has 0 saturated carbocycles. The average molecular weight is 292 g/mol. The van der Waals surface area contributed by atoms with Gasteiger partial charge in [-0.3, -0.25) is 0 Å². The summed E-state index contributed by atoms with van der Waals surface area (Å²) in [5.41, 5.74) is 4.89. The Morgan fingerprint density at radius 2 is 1.95 bits per heavy atom. The summed E-state index contributed by atoms with van der Waals surface area (Å²) in [6, 6.07) is 2.18. The van der Waals surface area contributed by atoms with E-state index in [0.717, 1.165) is 18.9 Å². The molecule has 0 spiro atoms. The van der Waals surface area contributed by atoms with E-state index in [1.54, 1.807) is 0 Å². The van der Waals surface area contributed by atoms with Gasteiger partial charge >= 0.3 is 6.18 Å². The van der Waals surface area contributed by atoms with Gasteiger partial charge in [-0.05, 0) is 12.5 Å². The fraction of sp³-hybridized carbons (Fsp3) is 0.615. The summed E-state index contributed by atoms with van der Waals surface area (Å²) >= 11 is 0. The molecule has 1 aromatic heterocycles. The summed E-state index contributed by atoms with van der Waals surface area (Å²) in [6.07, 6.45) is -2.54. The molecule has 1 heterocycles. The predicted octanol–water partition coefficient (Wildman–Crippen LogP) is 2.75. The highest BCUT2D eigenvalue weighted by Gasteiger charge is 2.33. The number of pyridine rings is 1. The van der Waals surface area contributed by atoms with Crippen molar-refractivity contribution in [3.63, 3.8) is 0 Å². The molecule has 4 nitrogen and oxygen atoms in total. The summed E-state index contributed by atoms with van der Waals surface area (Å²) in [4.78, 5) is 3.47. The van der Waals surface area contributed by atoms with Crippen molar-refractivity contribution < 1.29 is 22.6 Å². The first-order chi connectivity index (χ1) is 9.49. The minimum absolute atomic E-state index is 0.0666. The second kappa shape index (κ2) is 8.06. The quantitative estimate of drug-likeness (QED) is 0.749. The van der Waals surface area contributed by atoms with Crippen LogP contribution in [0.2, 0.25) is 0 Å². The molecule has 20 heavy (non-hydrogen) atoms. The molecule has 0 bridgehead atoms. The first kappa shape index (κ1) is 16.7. The molecule has 0 aliphatic heterocycles. The molecule has 0 saturated heterocycles. The highest BCUT2D eigenvalue weighted by molar-refractivity contribution is 5.29. The lowest BCUT2D eigenvalue weighted by Crippen LogP contribution is -2.14. The van der Waals surface area contributed by atoms with Crippen LogP contribution in [0, 0.1) is 0 Å². The standard InChI is InChI=1S/C13H19F3N2O2/c1-2-3-6-19-7-8-20-12-10(9-17)4-5-11(18-12)13(14,15)16/h4-5H,2-3,6-9,17H2,1H3. The van der Waals surface area contributed by atoms with Crippen LogP contribution in [-0.2, 0) is 17.5 Å². The zero-order chi connectivity index (χ0) is 15.0. The normalized spacial score (nSPS) is 11.7. The Labute approximate surface area is 116 Å². The minimum Gasteiger partial charge on any atom is -0.475 e. The van der Waals surface area contributed by atoms with Gasteiger partial charge in [0.05, 0.1) is 6.61 Å². The highest BCUT2D eigenvalue weighted by atomic mass is 19.4. The van der Waals surface area contributed by atoms with Crippen molar-refractivity contribution in [1.29, 1.82) is 0 Å². The molecule has 114 valence electrons. The number of hydrogen-bond acceptors (Lipinski definition) is 4. The molecule has 0 fully saturated rings. The second-order valence-corrected chi connectivity index (χ2v) is 4.18. The summed E-state index contributed by atoms with van der Waals surface area (Å²) in [5.74, 6) is -0.0820. The Morgan fingerprint density at radius 3 is 2.55 bits per heavy atom. The Morgan fingerprint density at radius 1 is 1.20 bits per heavy atom. The molecule has 1 rings (SSSR count). The third-order valence-electron chi connectivity index (χ3n) is 2.56. The molecule has 0 aromatic carbocycles. The van der Waals surface area contributed by atoms with Gasteiger partial charge in [-0.25, -0.2) is 4.98 Å². The average Bonchev–Trinajstić information content (AvgIpc) is 2.41. The topological polar surface area (TPSA) is 57.4 Å². The largest absolute Gasteiger partial charge is 0.475 e. The van der Waals surface area contributed by atoms with E-state index >= 15 is 0 Å². The van der Waals surface area contributed by atoms with Crippen molar-refractivity contribution in [2.75, 3.05) is 19.8 Å². The Hall–Kier alpha value is -1.34. The number of aromatic nitrogens is 1. The number of halogens is 3. The van der Waals surface area contributed by atoms with E-state index in [1.165, 1.54) is 6.07 Å². The lowest BCUT2D eigenvalue weighted by Gasteiger charge is -2.12. The maximum atomic E-state index is 12.6. The van der Waals surface area contributed by atoms with Crippen LogP contribution >= 0.6 is 0 Å². The maximum absolute atomic E-state index is 12.6. The number of ether oxygens (including phenoxy) is 2. The van der Waals surface area contributed by atoms with Gasteiger partial charge in [0.25, 0.3) is 0 Å². The lowest BCUT2D eigenvalue weighted by atomic mass is 10.2. The Bertz CT molecular complexity index is 411. The minimum atomic E-state index is -4.50. The molecule has 0 atom stereocenters. The predicted molar refractivity (Wildman–Crippen MR) is 68.4 cm³/mol. The van der Waals surface area contributed by atoms with Gasteiger partial charge in [0.1, 0.15) is 12.3 Å². The SMILES string of the molecule is CCCCOCCOc1nc(C(F)(F)F)ccc1CN. The molecule has 0 radical (unpaired) electrons. The van der Waals surface area contributed by atoms with Crippen LogP contribution in [0.5, 0.6) is 5.88 Å². The van der Waals surface area contributed by atoms with Gasteiger partial charge in [-0.1, -0.05) is 19.4 Å². The monoisotopic (exact) mass is 292 g/mol. The Balaban J connectivity index is 2.58. The van der Waals surface area contributed by atoms with E-state index in [2.05, 4.69) is 4.98 Å². The van der Waals surface area contributed by atoms with Crippen LogP contribution in [0.3, 0.4) is 0 Å². The van der Waals surface area contributed by atoms with E-state index in [0.29, 0.717) is 18.8 Å². The summed E-state index contributed by atoms with van der Waals surface area (Å²) < 4.78 is 48.2. The van der Waals surface area contributed by atoms with Gasteiger partial charge < -0.3 is 15.2 Å².